The summed E-state index contributed by atoms with van der Waals surface area (Å²) in [6.45, 7) is 1.51. The SMILES string of the molecule is O=C(c1ccncc1)N1CC(S(=O)(=O)N2CCC(c3c[nH]c4ncccc34)CC2)C1. The molecule has 0 bridgehead atoms. The fourth-order valence-corrected chi connectivity index (χ4v) is 6.29. The molecule has 30 heavy (non-hydrogen) atoms. The standard InChI is InChI=1S/C21H23N5O3S/c27-21(16-3-8-22-9-4-16)25-13-17(14-25)30(28,29)26-10-5-15(6-11-26)19-12-24-20-18(19)2-1-7-23-20/h1-4,7-9,12,15,17H,5-6,10-11,13-14H2,(H,23,24). The molecule has 0 aromatic carbocycles. The number of nitrogens with one attached hydrogen (secondary N) is 1. The van der Waals surface area contributed by atoms with Crippen LogP contribution in [0.4, 0.5) is 0 Å². The van der Waals surface area contributed by atoms with Gasteiger partial charge in [0.15, 0.2) is 0 Å². The molecule has 2 saturated heterocycles. The van der Waals surface area contributed by atoms with Crippen molar-refractivity contribution in [3.63, 3.8) is 0 Å². The molecule has 8 nitrogen and oxygen atoms in total. The fraction of sp³-hybridized carbons (Fsp3) is 0.381. The second-order valence-corrected chi connectivity index (χ2v) is 10.1. The van der Waals surface area contributed by atoms with Crippen molar-refractivity contribution in [2.75, 3.05) is 26.2 Å². The predicted molar refractivity (Wildman–Crippen MR) is 112 cm³/mol. The van der Waals surface area contributed by atoms with E-state index in [9.17, 15) is 13.2 Å². The van der Waals surface area contributed by atoms with Crippen LogP contribution in [-0.4, -0.2) is 69.9 Å². The number of hydrogen-bond acceptors (Lipinski definition) is 5. The molecule has 5 rings (SSSR count). The third kappa shape index (κ3) is 3.27. The monoisotopic (exact) mass is 425 g/mol. The smallest absolute Gasteiger partial charge is 0.254 e. The molecule has 2 aliphatic heterocycles. The molecule has 0 unspecified atom stereocenters. The largest absolute Gasteiger partial charge is 0.346 e. The summed E-state index contributed by atoms with van der Waals surface area (Å²) >= 11 is 0. The topological polar surface area (TPSA) is 99.3 Å². The second-order valence-electron chi connectivity index (χ2n) is 7.93. The lowest BCUT2D eigenvalue weighted by Crippen LogP contribution is -2.60. The van der Waals surface area contributed by atoms with Gasteiger partial charge in [-0.05, 0) is 48.6 Å². The average molecular weight is 426 g/mol. The number of rotatable bonds is 4. The van der Waals surface area contributed by atoms with Crippen molar-refractivity contribution in [2.45, 2.75) is 24.0 Å². The molecule has 156 valence electrons. The van der Waals surface area contributed by atoms with Crippen LogP contribution in [0.2, 0.25) is 0 Å². The number of H-pyrrole nitrogens is 1. The minimum atomic E-state index is -3.40. The molecular formula is C21H23N5O3S. The molecule has 0 spiro atoms. The van der Waals surface area contributed by atoms with Crippen molar-refractivity contribution in [3.05, 3.63) is 60.2 Å². The number of hydrogen-bond donors (Lipinski definition) is 1. The van der Waals surface area contributed by atoms with Crippen molar-refractivity contribution >= 4 is 27.0 Å². The second kappa shape index (κ2) is 7.48. The third-order valence-corrected chi connectivity index (χ3v) is 8.45. The molecule has 1 amide bonds. The summed E-state index contributed by atoms with van der Waals surface area (Å²) in [7, 11) is -3.40. The first-order valence-electron chi connectivity index (χ1n) is 10.1. The molecule has 2 aliphatic rings. The van der Waals surface area contributed by atoms with E-state index in [4.69, 9.17) is 0 Å². The van der Waals surface area contributed by atoms with Crippen LogP contribution in [0, 0.1) is 0 Å². The molecule has 9 heteroatoms. The van der Waals surface area contributed by atoms with E-state index in [2.05, 4.69) is 21.0 Å². The molecule has 0 aliphatic carbocycles. The number of aromatic amines is 1. The van der Waals surface area contributed by atoms with Gasteiger partial charge in [-0.2, -0.15) is 0 Å². The minimum absolute atomic E-state index is 0.143. The van der Waals surface area contributed by atoms with Gasteiger partial charge in [-0.25, -0.2) is 17.7 Å². The van der Waals surface area contributed by atoms with Gasteiger partial charge in [0.05, 0.1) is 0 Å². The molecule has 0 radical (unpaired) electrons. The Kier molecular flexibility index (Phi) is 4.79. The molecule has 1 N–H and O–H groups in total. The molecule has 3 aromatic heterocycles. The molecule has 0 atom stereocenters. The number of aromatic nitrogens is 3. The Morgan fingerprint density at radius 1 is 1.07 bits per heavy atom. The van der Waals surface area contributed by atoms with Crippen molar-refractivity contribution in [2.24, 2.45) is 0 Å². The van der Waals surface area contributed by atoms with Gasteiger partial charge in [0, 0.05) is 61.9 Å². The van der Waals surface area contributed by atoms with Crippen LogP contribution in [0.5, 0.6) is 0 Å². The molecule has 5 heterocycles. The van der Waals surface area contributed by atoms with E-state index in [1.54, 1.807) is 39.9 Å². The van der Waals surface area contributed by atoms with Gasteiger partial charge in [-0.15, -0.1) is 0 Å². The van der Waals surface area contributed by atoms with Crippen molar-refractivity contribution < 1.29 is 13.2 Å². The summed E-state index contributed by atoms with van der Waals surface area (Å²) in [6.07, 6.45) is 8.46. The Balaban J connectivity index is 1.21. The molecular weight excluding hydrogens is 402 g/mol. The van der Waals surface area contributed by atoms with Crippen LogP contribution >= 0.6 is 0 Å². The maximum atomic E-state index is 13.0. The number of fused-ring (bicyclic) bond motifs is 1. The highest BCUT2D eigenvalue weighted by Gasteiger charge is 2.43. The van der Waals surface area contributed by atoms with Crippen molar-refractivity contribution in [1.29, 1.82) is 0 Å². The van der Waals surface area contributed by atoms with Crippen LogP contribution in [0.3, 0.4) is 0 Å². The van der Waals surface area contributed by atoms with E-state index < -0.39 is 15.3 Å². The fourth-order valence-electron chi connectivity index (χ4n) is 4.42. The van der Waals surface area contributed by atoms with Gasteiger partial charge in [-0.1, -0.05) is 0 Å². The summed E-state index contributed by atoms with van der Waals surface area (Å²) in [5.41, 5.74) is 2.62. The first-order valence-corrected chi connectivity index (χ1v) is 11.6. The van der Waals surface area contributed by atoms with E-state index >= 15 is 0 Å². The lowest BCUT2D eigenvalue weighted by Gasteiger charge is -2.42. The van der Waals surface area contributed by atoms with Gasteiger partial charge < -0.3 is 9.88 Å². The maximum Gasteiger partial charge on any atom is 0.254 e. The van der Waals surface area contributed by atoms with Gasteiger partial charge in [0.2, 0.25) is 10.0 Å². The molecule has 0 saturated carbocycles. The van der Waals surface area contributed by atoms with Crippen LogP contribution in [0.15, 0.2) is 49.1 Å². The van der Waals surface area contributed by atoms with Crippen LogP contribution in [0.25, 0.3) is 11.0 Å². The number of piperidine rings is 1. The number of carbonyl (C=O) groups is 1. The highest BCUT2D eigenvalue weighted by atomic mass is 32.2. The van der Waals surface area contributed by atoms with Crippen LogP contribution in [-0.2, 0) is 10.0 Å². The first-order chi connectivity index (χ1) is 14.5. The minimum Gasteiger partial charge on any atom is -0.346 e. The summed E-state index contributed by atoms with van der Waals surface area (Å²) in [6, 6.07) is 7.28. The Hall–Kier alpha value is -2.78. The van der Waals surface area contributed by atoms with E-state index in [1.807, 2.05) is 12.3 Å². The third-order valence-electron chi connectivity index (χ3n) is 6.22. The molecule has 2 fully saturated rings. The summed E-state index contributed by atoms with van der Waals surface area (Å²) in [5, 5.41) is 0.597. The van der Waals surface area contributed by atoms with Gasteiger partial charge in [0.25, 0.3) is 5.91 Å². The zero-order valence-corrected chi connectivity index (χ0v) is 17.3. The van der Waals surface area contributed by atoms with E-state index in [0.717, 1.165) is 23.9 Å². The van der Waals surface area contributed by atoms with Crippen LogP contribution < -0.4 is 0 Å². The Morgan fingerprint density at radius 3 is 2.53 bits per heavy atom. The number of likely N-dealkylation sites (tertiary alicyclic amines) is 1. The van der Waals surface area contributed by atoms with Crippen molar-refractivity contribution in [3.8, 4) is 0 Å². The number of sulfonamides is 1. The highest BCUT2D eigenvalue weighted by molar-refractivity contribution is 7.89. The number of pyridine rings is 2. The lowest BCUT2D eigenvalue weighted by molar-refractivity contribution is 0.0654. The van der Waals surface area contributed by atoms with E-state index in [0.29, 0.717) is 24.6 Å². The first kappa shape index (κ1) is 19.2. The number of carbonyl (C=O) groups excluding carboxylic acids is 1. The summed E-state index contributed by atoms with van der Waals surface area (Å²) in [4.78, 5) is 25.5. The normalized spacial score (nSPS) is 19.1. The summed E-state index contributed by atoms with van der Waals surface area (Å²) < 4.78 is 27.7. The summed E-state index contributed by atoms with van der Waals surface area (Å²) in [5.74, 6) is 0.177. The van der Waals surface area contributed by atoms with Gasteiger partial charge in [0.1, 0.15) is 10.9 Å². The maximum absolute atomic E-state index is 13.0. The number of nitrogens with zero attached hydrogens (tertiary/aromatic N) is 4. The Bertz CT molecular complexity index is 1160. The lowest BCUT2D eigenvalue weighted by atomic mass is 9.90. The zero-order chi connectivity index (χ0) is 20.7. The number of amides is 1. The van der Waals surface area contributed by atoms with Gasteiger partial charge >= 0.3 is 0 Å². The molecule has 3 aromatic rings. The van der Waals surface area contributed by atoms with E-state index in [1.165, 1.54) is 5.56 Å². The Morgan fingerprint density at radius 2 is 1.80 bits per heavy atom. The zero-order valence-electron chi connectivity index (χ0n) is 16.4. The predicted octanol–water partition coefficient (Wildman–Crippen LogP) is 1.99. The average Bonchev–Trinajstić information content (AvgIpc) is 3.17. The van der Waals surface area contributed by atoms with Gasteiger partial charge in [-0.3, -0.25) is 9.78 Å². The van der Waals surface area contributed by atoms with Crippen LogP contribution in [0.1, 0.15) is 34.7 Å². The van der Waals surface area contributed by atoms with E-state index in [-0.39, 0.29) is 19.0 Å². The Labute approximate surface area is 175 Å². The quantitative estimate of drug-likeness (QED) is 0.689. The highest BCUT2D eigenvalue weighted by Crippen LogP contribution is 2.34. The van der Waals surface area contributed by atoms with Crippen molar-refractivity contribution in [1.82, 2.24) is 24.2 Å².